The van der Waals surface area contributed by atoms with Crippen molar-refractivity contribution in [3.8, 4) is 0 Å². The minimum atomic E-state index is 0.733. The zero-order valence-electron chi connectivity index (χ0n) is 13.0. The molecule has 0 aromatic carbocycles. The van der Waals surface area contributed by atoms with Crippen LogP contribution in [0.3, 0.4) is 0 Å². The molecule has 0 heterocycles. The van der Waals surface area contributed by atoms with Crippen LogP contribution in [0.4, 0.5) is 0 Å². The zero-order chi connectivity index (χ0) is 14.5. The summed E-state index contributed by atoms with van der Waals surface area (Å²) in [5, 5.41) is 2.89. The number of likely N-dealkylation sites (N-methyl/N-ethyl adjacent to an activating group) is 1. The molecule has 4 heteroatoms. The van der Waals surface area contributed by atoms with E-state index in [0.717, 1.165) is 43.9 Å². The fraction of sp³-hybridized carbons (Fsp3) is 1.00. The Morgan fingerprint density at radius 2 is 1.79 bits per heavy atom. The maximum Gasteiger partial charge on any atom is 0.00714 e. The van der Waals surface area contributed by atoms with Gasteiger partial charge in [-0.25, -0.2) is 0 Å². The van der Waals surface area contributed by atoms with Crippen LogP contribution < -0.4 is 22.5 Å². The normalized spacial score (nSPS) is 26.7. The predicted molar refractivity (Wildman–Crippen MR) is 84.9 cm³/mol. The lowest BCUT2D eigenvalue weighted by molar-refractivity contribution is 0.188. The first kappa shape index (κ1) is 18.8. The van der Waals surface area contributed by atoms with Crippen molar-refractivity contribution in [1.29, 1.82) is 0 Å². The van der Waals surface area contributed by atoms with Crippen LogP contribution in [-0.2, 0) is 0 Å². The molecule has 0 aliphatic heterocycles. The maximum absolute atomic E-state index is 5.79. The Labute approximate surface area is 119 Å². The molecule has 0 saturated heterocycles. The Hall–Kier alpha value is -0.160. The van der Waals surface area contributed by atoms with E-state index in [2.05, 4.69) is 12.2 Å². The Kier molecular flexibility index (Phi) is 12.7. The minimum Gasteiger partial charge on any atom is -0.330 e. The summed E-state index contributed by atoms with van der Waals surface area (Å²) in [5.74, 6) is 2.57. The van der Waals surface area contributed by atoms with Gasteiger partial charge in [-0.05, 0) is 50.7 Å². The lowest BCUT2D eigenvalue weighted by Crippen LogP contribution is -2.29. The average molecular weight is 272 g/mol. The van der Waals surface area contributed by atoms with Crippen LogP contribution >= 0.6 is 0 Å². The average Bonchev–Trinajstić information content (AvgIpc) is 2.42. The third kappa shape index (κ3) is 9.38. The molecule has 3 atom stereocenters. The standard InChI is InChI=1S/C12H26N2.C3H10N2/c1-10-5-6-11(4-2-3-7-13)8-12(10)9-14;1-5-3-2-4/h10-12H,2-9,13-14H2,1H3;5H,2-4H2,1H3. The Balaban J connectivity index is 0.000000555. The molecule has 1 saturated carbocycles. The van der Waals surface area contributed by atoms with E-state index in [1.807, 2.05) is 7.05 Å². The summed E-state index contributed by atoms with van der Waals surface area (Å²) in [4.78, 5) is 0. The third-order valence-electron chi connectivity index (χ3n) is 4.23. The predicted octanol–water partition coefficient (Wildman–Crippen LogP) is 1.29. The van der Waals surface area contributed by atoms with Gasteiger partial charge in [0.05, 0.1) is 0 Å². The van der Waals surface area contributed by atoms with Crippen molar-refractivity contribution in [1.82, 2.24) is 5.32 Å². The molecule has 0 bridgehead atoms. The molecule has 0 radical (unpaired) electrons. The summed E-state index contributed by atoms with van der Waals surface area (Å²) in [6, 6.07) is 0. The second-order valence-corrected chi connectivity index (χ2v) is 5.83. The zero-order valence-corrected chi connectivity index (χ0v) is 13.0. The van der Waals surface area contributed by atoms with Crippen molar-refractivity contribution in [2.45, 2.75) is 45.4 Å². The van der Waals surface area contributed by atoms with E-state index in [1.165, 1.54) is 38.5 Å². The second-order valence-electron chi connectivity index (χ2n) is 5.83. The fourth-order valence-electron chi connectivity index (χ4n) is 2.83. The van der Waals surface area contributed by atoms with Gasteiger partial charge in [0, 0.05) is 13.1 Å². The quantitative estimate of drug-likeness (QED) is 0.526. The number of nitrogens with one attached hydrogen (secondary N) is 1. The van der Waals surface area contributed by atoms with Gasteiger partial charge >= 0.3 is 0 Å². The summed E-state index contributed by atoms with van der Waals surface area (Å²) < 4.78 is 0. The number of hydrogen-bond donors (Lipinski definition) is 4. The molecular formula is C15H36N4. The number of nitrogens with two attached hydrogens (primary N) is 3. The Bertz CT molecular complexity index is 185. The van der Waals surface area contributed by atoms with Gasteiger partial charge in [-0.1, -0.05) is 32.6 Å². The number of rotatable bonds is 7. The number of hydrogen-bond acceptors (Lipinski definition) is 4. The van der Waals surface area contributed by atoms with Gasteiger partial charge in [0.1, 0.15) is 0 Å². The van der Waals surface area contributed by atoms with E-state index in [-0.39, 0.29) is 0 Å². The van der Waals surface area contributed by atoms with Crippen LogP contribution in [0.2, 0.25) is 0 Å². The smallest absolute Gasteiger partial charge is 0.00714 e. The molecule has 4 nitrogen and oxygen atoms in total. The SMILES string of the molecule is CC1CCC(CCCCN)CC1CN.CNCCN. The van der Waals surface area contributed by atoms with E-state index in [1.54, 1.807) is 0 Å². The molecule has 116 valence electrons. The highest BCUT2D eigenvalue weighted by atomic mass is 14.8. The van der Waals surface area contributed by atoms with Gasteiger partial charge in [0.25, 0.3) is 0 Å². The molecular weight excluding hydrogens is 236 g/mol. The minimum absolute atomic E-state index is 0.733. The van der Waals surface area contributed by atoms with Crippen LogP contribution in [-0.4, -0.2) is 33.2 Å². The van der Waals surface area contributed by atoms with Crippen molar-refractivity contribution >= 4 is 0 Å². The van der Waals surface area contributed by atoms with Crippen LogP contribution in [0.5, 0.6) is 0 Å². The third-order valence-corrected chi connectivity index (χ3v) is 4.23. The number of unbranched alkanes of at least 4 members (excludes halogenated alkanes) is 1. The highest BCUT2D eigenvalue weighted by molar-refractivity contribution is 4.78. The van der Waals surface area contributed by atoms with E-state index < -0.39 is 0 Å². The van der Waals surface area contributed by atoms with Gasteiger partial charge in [-0.2, -0.15) is 0 Å². The molecule has 7 N–H and O–H groups in total. The lowest BCUT2D eigenvalue weighted by atomic mass is 9.73. The van der Waals surface area contributed by atoms with Crippen LogP contribution in [0.25, 0.3) is 0 Å². The molecule has 0 spiro atoms. The Morgan fingerprint density at radius 3 is 2.26 bits per heavy atom. The summed E-state index contributed by atoms with van der Waals surface area (Å²) in [6.45, 7) is 5.74. The molecule has 0 aromatic rings. The molecule has 1 aliphatic carbocycles. The maximum atomic E-state index is 5.79. The van der Waals surface area contributed by atoms with E-state index in [9.17, 15) is 0 Å². The first-order valence-corrected chi connectivity index (χ1v) is 7.94. The molecule has 0 amide bonds. The molecule has 1 fully saturated rings. The highest BCUT2D eigenvalue weighted by Gasteiger charge is 2.25. The molecule has 19 heavy (non-hydrogen) atoms. The topological polar surface area (TPSA) is 90.1 Å². The first-order valence-electron chi connectivity index (χ1n) is 7.94. The monoisotopic (exact) mass is 272 g/mol. The van der Waals surface area contributed by atoms with Crippen LogP contribution in [0.1, 0.15) is 45.4 Å². The van der Waals surface area contributed by atoms with E-state index in [0.29, 0.717) is 0 Å². The van der Waals surface area contributed by atoms with Gasteiger partial charge < -0.3 is 22.5 Å². The van der Waals surface area contributed by atoms with Crippen molar-refractivity contribution in [2.75, 3.05) is 33.2 Å². The first-order chi connectivity index (χ1) is 9.19. The lowest BCUT2D eigenvalue weighted by Gasteiger charge is -2.33. The van der Waals surface area contributed by atoms with Crippen molar-refractivity contribution in [3.63, 3.8) is 0 Å². The van der Waals surface area contributed by atoms with Crippen molar-refractivity contribution in [2.24, 2.45) is 35.0 Å². The summed E-state index contributed by atoms with van der Waals surface area (Å²) in [7, 11) is 1.88. The molecule has 3 unspecified atom stereocenters. The van der Waals surface area contributed by atoms with Gasteiger partial charge in [-0.15, -0.1) is 0 Å². The largest absolute Gasteiger partial charge is 0.330 e. The fourth-order valence-corrected chi connectivity index (χ4v) is 2.83. The van der Waals surface area contributed by atoms with Crippen molar-refractivity contribution < 1.29 is 0 Å². The van der Waals surface area contributed by atoms with Gasteiger partial charge in [-0.3, -0.25) is 0 Å². The summed E-state index contributed by atoms with van der Waals surface area (Å²) in [5.41, 5.74) is 16.4. The molecule has 0 aromatic heterocycles. The van der Waals surface area contributed by atoms with Crippen molar-refractivity contribution in [3.05, 3.63) is 0 Å². The molecule has 1 rings (SSSR count). The summed E-state index contributed by atoms with van der Waals surface area (Å²) in [6.07, 6.45) is 8.05. The van der Waals surface area contributed by atoms with E-state index in [4.69, 9.17) is 17.2 Å². The van der Waals surface area contributed by atoms with Crippen LogP contribution in [0.15, 0.2) is 0 Å². The molecule has 1 aliphatic rings. The van der Waals surface area contributed by atoms with E-state index >= 15 is 0 Å². The Morgan fingerprint density at radius 1 is 1.05 bits per heavy atom. The van der Waals surface area contributed by atoms with Gasteiger partial charge in [0.15, 0.2) is 0 Å². The highest BCUT2D eigenvalue weighted by Crippen LogP contribution is 2.35. The van der Waals surface area contributed by atoms with Gasteiger partial charge in [0.2, 0.25) is 0 Å². The summed E-state index contributed by atoms with van der Waals surface area (Å²) >= 11 is 0. The second kappa shape index (κ2) is 12.9. The van der Waals surface area contributed by atoms with Crippen LogP contribution in [0, 0.1) is 17.8 Å².